The molecule has 0 amide bonds. The summed E-state index contributed by atoms with van der Waals surface area (Å²) in [4.78, 5) is 8.29. The molecule has 0 saturated carbocycles. The summed E-state index contributed by atoms with van der Waals surface area (Å²) < 4.78 is 13.1. The van der Waals surface area contributed by atoms with E-state index in [4.69, 9.17) is 11.6 Å². The molecule has 2 aromatic carbocycles. The smallest absolute Gasteiger partial charge is 0.141 e. The summed E-state index contributed by atoms with van der Waals surface area (Å²) in [5.41, 5.74) is 1.58. The van der Waals surface area contributed by atoms with Gasteiger partial charge in [0.25, 0.3) is 0 Å². The maximum atomic E-state index is 13.1. The van der Waals surface area contributed by atoms with Crippen LogP contribution >= 0.6 is 11.6 Å². The second-order valence-electron chi connectivity index (χ2n) is 4.53. The lowest BCUT2D eigenvalue weighted by atomic mass is 10.3. The highest BCUT2D eigenvalue weighted by molar-refractivity contribution is 6.31. The van der Waals surface area contributed by atoms with Crippen LogP contribution in [0.5, 0.6) is 0 Å². The molecule has 3 rings (SSSR count). The SMILES string of the molecule is Fc1ccc(Nc2cc(Nc3ccccc3)ncn2)cc1Cl. The van der Waals surface area contributed by atoms with Gasteiger partial charge in [-0.05, 0) is 30.3 Å². The van der Waals surface area contributed by atoms with Crippen LogP contribution in [-0.4, -0.2) is 9.97 Å². The largest absolute Gasteiger partial charge is 0.340 e. The Morgan fingerprint density at radius 1 is 0.818 bits per heavy atom. The van der Waals surface area contributed by atoms with E-state index in [1.807, 2.05) is 30.3 Å². The molecule has 0 radical (unpaired) electrons. The zero-order valence-corrected chi connectivity index (χ0v) is 12.2. The number of aromatic nitrogens is 2. The molecule has 0 spiro atoms. The van der Waals surface area contributed by atoms with Crippen molar-refractivity contribution in [3.05, 3.63) is 71.8 Å². The Bertz CT molecular complexity index is 780. The third kappa shape index (κ3) is 3.51. The first-order valence-electron chi connectivity index (χ1n) is 6.57. The second kappa shape index (κ2) is 6.41. The van der Waals surface area contributed by atoms with Crippen LogP contribution in [0.15, 0.2) is 60.9 Å². The van der Waals surface area contributed by atoms with E-state index in [1.165, 1.54) is 18.5 Å². The summed E-state index contributed by atoms with van der Waals surface area (Å²) >= 11 is 5.76. The van der Waals surface area contributed by atoms with E-state index in [0.29, 0.717) is 17.3 Å². The number of hydrogen-bond acceptors (Lipinski definition) is 4. The standard InChI is InChI=1S/C16H12ClFN4/c17-13-8-12(6-7-14(13)18)22-16-9-15(19-10-20-16)21-11-4-2-1-3-5-11/h1-10H,(H2,19,20,21,22). The van der Waals surface area contributed by atoms with Crippen LogP contribution in [0.2, 0.25) is 5.02 Å². The van der Waals surface area contributed by atoms with Gasteiger partial charge in [-0.15, -0.1) is 0 Å². The Hall–Kier alpha value is -2.66. The normalized spacial score (nSPS) is 10.3. The van der Waals surface area contributed by atoms with Crippen molar-refractivity contribution in [2.75, 3.05) is 10.6 Å². The third-order valence-corrected chi connectivity index (χ3v) is 3.19. The van der Waals surface area contributed by atoms with Crippen molar-refractivity contribution in [3.63, 3.8) is 0 Å². The number of rotatable bonds is 4. The number of nitrogens with one attached hydrogen (secondary N) is 2. The van der Waals surface area contributed by atoms with Crippen molar-refractivity contribution in [2.24, 2.45) is 0 Å². The van der Waals surface area contributed by atoms with Crippen LogP contribution in [0, 0.1) is 5.82 Å². The summed E-state index contributed by atoms with van der Waals surface area (Å²) in [6.45, 7) is 0. The number of hydrogen-bond donors (Lipinski definition) is 2. The average Bonchev–Trinajstić information content (AvgIpc) is 2.52. The van der Waals surface area contributed by atoms with Crippen molar-refractivity contribution in [1.82, 2.24) is 9.97 Å². The predicted octanol–water partition coefficient (Wildman–Crippen LogP) is 4.76. The fraction of sp³-hybridized carbons (Fsp3) is 0. The van der Waals surface area contributed by atoms with Gasteiger partial charge >= 0.3 is 0 Å². The molecule has 1 aromatic heterocycles. The van der Waals surface area contributed by atoms with E-state index >= 15 is 0 Å². The van der Waals surface area contributed by atoms with Gasteiger partial charge in [-0.3, -0.25) is 0 Å². The lowest BCUT2D eigenvalue weighted by molar-refractivity contribution is 0.628. The van der Waals surface area contributed by atoms with Crippen molar-refractivity contribution in [2.45, 2.75) is 0 Å². The fourth-order valence-electron chi connectivity index (χ4n) is 1.89. The molecule has 0 fully saturated rings. The zero-order chi connectivity index (χ0) is 15.4. The molecule has 1 heterocycles. The van der Waals surface area contributed by atoms with E-state index in [-0.39, 0.29) is 5.02 Å². The van der Waals surface area contributed by atoms with Gasteiger partial charge < -0.3 is 10.6 Å². The number of nitrogens with zero attached hydrogens (tertiary/aromatic N) is 2. The van der Waals surface area contributed by atoms with Crippen LogP contribution in [-0.2, 0) is 0 Å². The minimum atomic E-state index is -0.457. The highest BCUT2D eigenvalue weighted by Crippen LogP contribution is 2.23. The van der Waals surface area contributed by atoms with Gasteiger partial charge in [0.05, 0.1) is 5.02 Å². The lowest BCUT2D eigenvalue weighted by Gasteiger charge is -2.09. The number of halogens is 2. The van der Waals surface area contributed by atoms with Crippen molar-refractivity contribution >= 4 is 34.6 Å². The molecular weight excluding hydrogens is 303 g/mol. The zero-order valence-electron chi connectivity index (χ0n) is 11.4. The molecule has 22 heavy (non-hydrogen) atoms. The first-order valence-corrected chi connectivity index (χ1v) is 6.95. The number of benzene rings is 2. The Balaban J connectivity index is 1.77. The van der Waals surface area contributed by atoms with E-state index in [1.54, 1.807) is 12.1 Å². The molecule has 0 bridgehead atoms. The summed E-state index contributed by atoms with van der Waals surface area (Å²) in [5, 5.41) is 6.29. The van der Waals surface area contributed by atoms with Crippen molar-refractivity contribution < 1.29 is 4.39 Å². The third-order valence-electron chi connectivity index (χ3n) is 2.91. The topological polar surface area (TPSA) is 49.8 Å². The molecule has 0 unspecified atom stereocenters. The van der Waals surface area contributed by atoms with E-state index < -0.39 is 5.82 Å². The van der Waals surface area contributed by atoms with E-state index in [0.717, 1.165) is 5.69 Å². The van der Waals surface area contributed by atoms with Gasteiger partial charge in [0.2, 0.25) is 0 Å². The maximum Gasteiger partial charge on any atom is 0.141 e. The highest BCUT2D eigenvalue weighted by Gasteiger charge is 2.03. The molecule has 110 valence electrons. The van der Waals surface area contributed by atoms with Crippen LogP contribution in [0.4, 0.5) is 27.4 Å². The quantitative estimate of drug-likeness (QED) is 0.729. The fourth-order valence-corrected chi connectivity index (χ4v) is 2.07. The van der Waals surface area contributed by atoms with Gasteiger partial charge in [-0.2, -0.15) is 0 Å². The number of para-hydroxylation sites is 1. The monoisotopic (exact) mass is 314 g/mol. The van der Waals surface area contributed by atoms with Gasteiger partial charge in [-0.1, -0.05) is 29.8 Å². The molecule has 6 heteroatoms. The van der Waals surface area contributed by atoms with Crippen LogP contribution < -0.4 is 10.6 Å². The Morgan fingerprint density at radius 2 is 1.50 bits per heavy atom. The molecule has 0 saturated heterocycles. The Kier molecular flexibility index (Phi) is 4.16. The Morgan fingerprint density at radius 3 is 2.18 bits per heavy atom. The summed E-state index contributed by atoms with van der Waals surface area (Å²) in [6.07, 6.45) is 1.44. The molecule has 0 aliphatic rings. The van der Waals surface area contributed by atoms with Gasteiger partial charge in [0.1, 0.15) is 23.8 Å². The van der Waals surface area contributed by atoms with Gasteiger partial charge in [-0.25, -0.2) is 14.4 Å². The van der Waals surface area contributed by atoms with Crippen LogP contribution in [0.25, 0.3) is 0 Å². The Labute approximate surface area is 132 Å². The minimum Gasteiger partial charge on any atom is -0.340 e. The maximum absolute atomic E-state index is 13.1. The van der Waals surface area contributed by atoms with Gasteiger partial charge in [0, 0.05) is 17.4 Å². The average molecular weight is 315 g/mol. The van der Waals surface area contributed by atoms with E-state index in [9.17, 15) is 4.39 Å². The molecule has 4 nitrogen and oxygen atoms in total. The predicted molar refractivity (Wildman–Crippen MR) is 86.4 cm³/mol. The molecule has 0 aliphatic carbocycles. The van der Waals surface area contributed by atoms with Crippen molar-refractivity contribution in [1.29, 1.82) is 0 Å². The molecule has 0 atom stereocenters. The molecule has 0 aliphatic heterocycles. The first kappa shape index (κ1) is 14.3. The number of anilines is 4. The summed E-state index contributed by atoms with van der Waals surface area (Å²) in [6, 6.07) is 15.8. The molecule has 3 aromatic rings. The molecular formula is C16H12ClFN4. The minimum absolute atomic E-state index is 0.0571. The van der Waals surface area contributed by atoms with Crippen molar-refractivity contribution in [3.8, 4) is 0 Å². The summed E-state index contributed by atoms with van der Waals surface area (Å²) in [5.74, 6) is 0.773. The van der Waals surface area contributed by atoms with Gasteiger partial charge in [0.15, 0.2) is 0 Å². The lowest BCUT2D eigenvalue weighted by Crippen LogP contribution is -1.98. The van der Waals surface area contributed by atoms with Crippen LogP contribution in [0.3, 0.4) is 0 Å². The second-order valence-corrected chi connectivity index (χ2v) is 4.94. The highest BCUT2D eigenvalue weighted by atomic mass is 35.5. The van der Waals surface area contributed by atoms with Crippen LogP contribution in [0.1, 0.15) is 0 Å². The summed E-state index contributed by atoms with van der Waals surface area (Å²) in [7, 11) is 0. The molecule has 2 N–H and O–H groups in total. The van der Waals surface area contributed by atoms with E-state index in [2.05, 4.69) is 20.6 Å². The first-order chi connectivity index (χ1) is 10.7.